The van der Waals surface area contributed by atoms with Gasteiger partial charge in [0.25, 0.3) is 0 Å². The highest BCUT2D eigenvalue weighted by Gasteiger charge is 2.17. The lowest BCUT2D eigenvalue weighted by Crippen LogP contribution is -2.14. The Kier molecular flexibility index (Phi) is 4.18. The molecular formula is C12H20O2. The summed E-state index contributed by atoms with van der Waals surface area (Å²) in [5, 5.41) is 0. The van der Waals surface area contributed by atoms with Gasteiger partial charge in [-0.15, -0.1) is 0 Å². The van der Waals surface area contributed by atoms with Crippen molar-refractivity contribution < 1.29 is 9.53 Å². The van der Waals surface area contributed by atoms with E-state index in [0.29, 0.717) is 6.61 Å². The zero-order valence-electron chi connectivity index (χ0n) is 9.38. The Morgan fingerprint density at radius 2 is 2.36 bits per heavy atom. The number of carbonyl (C=O) groups is 1. The van der Waals surface area contributed by atoms with Crippen molar-refractivity contribution in [3.8, 4) is 0 Å². The van der Waals surface area contributed by atoms with Gasteiger partial charge in [-0.05, 0) is 36.7 Å². The molecule has 0 N–H and O–H groups in total. The molecule has 0 aliphatic heterocycles. The standard InChI is InChI=1S/C12H20O2/c1-9(2)12-6-4-11(5-7-12)8-14-10(3)13/h4,9,12H,5-8H2,1-3H3. The van der Waals surface area contributed by atoms with Crippen LogP contribution in [-0.4, -0.2) is 12.6 Å². The third-order valence-electron chi connectivity index (χ3n) is 2.95. The maximum absolute atomic E-state index is 10.6. The topological polar surface area (TPSA) is 26.3 Å². The van der Waals surface area contributed by atoms with Crippen LogP contribution >= 0.6 is 0 Å². The zero-order chi connectivity index (χ0) is 10.6. The van der Waals surface area contributed by atoms with Crippen molar-refractivity contribution in [2.45, 2.75) is 40.0 Å². The molecule has 0 spiro atoms. The number of hydrogen-bond acceptors (Lipinski definition) is 2. The molecular weight excluding hydrogens is 176 g/mol. The Balaban J connectivity index is 2.33. The van der Waals surface area contributed by atoms with Gasteiger partial charge in [0, 0.05) is 6.92 Å². The first-order chi connectivity index (χ1) is 6.59. The Morgan fingerprint density at radius 1 is 1.64 bits per heavy atom. The summed E-state index contributed by atoms with van der Waals surface area (Å²) >= 11 is 0. The summed E-state index contributed by atoms with van der Waals surface area (Å²) < 4.78 is 4.97. The van der Waals surface area contributed by atoms with Crippen LogP contribution in [0, 0.1) is 11.8 Å². The maximum atomic E-state index is 10.6. The van der Waals surface area contributed by atoms with Crippen molar-refractivity contribution in [2.75, 3.05) is 6.61 Å². The van der Waals surface area contributed by atoms with Gasteiger partial charge in [-0.2, -0.15) is 0 Å². The molecule has 0 bridgehead atoms. The van der Waals surface area contributed by atoms with Crippen LogP contribution in [0.4, 0.5) is 0 Å². The molecule has 0 saturated carbocycles. The quantitative estimate of drug-likeness (QED) is 0.512. The van der Waals surface area contributed by atoms with E-state index < -0.39 is 0 Å². The number of carbonyl (C=O) groups excluding carboxylic acids is 1. The Bertz CT molecular complexity index is 228. The first-order valence-corrected chi connectivity index (χ1v) is 5.41. The molecule has 2 heteroatoms. The van der Waals surface area contributed by atoms with E-state index >= 15 is 0 Å². The van der Waals surface area contributed by atoms with Crippen molar-refractivity contribution in [1.29, 1.82) is 0 Å². The maximum Gasteiger partial charge on any atom is 0.302 e. The van der Waals surface area contributed by atoms with Gasteiger partial charge >= 0.3 is 5.97 Å². The van der Waals surface area contributed by atoms with Crippen molar-refractivity contribution in [3.05, 3.63) is 11.6 Å². The van der Waals surface area contributed by atoms with Gasteiger partial charge in [0.15, 0.2) is 0 Å². The molecule has 2 nitrogen and oxygen atoms in total. The van der Waals surface area contributed by atoms with Gasteiger partial charge in [0.2, 0.25) is 0 Å². The second-order valence-electron chi connectivity index (χ2n) is 4.42. The van der Waals surface area contributed by atoms with E-state index in [2.05, 4.69) is 19.9 Å². The largest absolute Gasteiger partial charge is 0.461 e. The first kappa shape index (κ1) is 11.3. The van der Waals surface area contributed by atoms with Crippen molar-refractivity contribution >= 4 is 5.97 Å². The Labute approximate surface area is 86.3 Å². The van der Waals surface area contributed by atoms with E-state index in [0.717, 1.165) is 24.7 Å². The summed E-state index contributed by atoms with van der Waals surface area (Å²) in [6, 6.07) is 0. The van der Waals surface area contributed by atoms with Crippen molar-refractivity contribution in [3.63, 3.8) is 0 Å². The molecule has 0 heterocycles. The highest BCUT2D eigenvalue weighted by molar-refractivity contribution is 5.66. The number of rotatable bonds is 3. The van der Waals surface area contributed by atoms with E-state index in [1.807, 2.05) is 0 Å². The predicted molar refractivity (Wildman–Crippen MR) is 56.9 cm³/mol. The average molecular weight is 196 g/mol. The van der Waals surface area contributed by atoms with Gasteiger partial charge in [-0.25, -0.2) is 0 Å². The minimum absolute atomic E-state index is 0.183. The van der Waals surface area contributed by atoms with Crippen molar-refractivity contribution in [1.82, 2.24) is 0 Å². The van der Waals surface area contributed by atoms with Crippen LogP contribution < -0.4 is 0 Å². The SMILES string of the molecule is CC(=O)OCC1=CCC(C(C)C)CC1. The average Bonchev–Trinajstić information content (AvgIpc) is 2.15. The molecule has 1 aliphatic carbocycles. The van der Waals surface area contributed by atoms with Crippen LogP contribution in [0.25, 0.3) is 0 Å². The van der Waals surface area contributed by atoms with Crippen LogP contribution in [0.15, 0.2) is 11.6 Å². The lowest BCUT2D eigenvalue weighted by atomic mass is 9.82. The van der Waals surface area contributed by atoms with E-state index in [4.69, 9.17) is 4.74 Å². The smallest absolute Gasteiger partial charge is 0.302 e. The third-order valence-corrected chi connectivity index (χ3v) is 2.95. The molecule has 0 radical (unpaired) electrons. The number of hydrogen-bond donors (Lipinski definition) is 0. The summed E-state index contributed by atoms with van der Waals surface area (Å²) in [5.41, 5.74) is 1.29. The predicted octanol–water partition coefficient (Wildman–Crippen LogP) is 2.93. The lowest BCUT2D eigenvalue weighted by molar-refractivity contribution is -0.140. The van der Waals surface area contributed by atoms with Crippen LogP contribution in [0.3, 0.4) is 0 Å². The van der Waals surface area contributed by atoms with Crippen LogP contribution in [-0.2, 0) is 9.53 Å². The molecule has 0 amide bonds. The highest BCUT2D eigenvalue weighted by Crippen LogP contribution is 2.28. The van der Waals surface area contributed by atoms with Gasteiger partial charge in [-0.1, -0.05) is 19.9 Å². The summed E-state index contributed by atoms with van der Waals surface area (Å²) in [4.78, 5) is 10.6. The second-order valence-corrected chi connectivity index (χ2v) is 4.42. The molecule has 1 unspecified atom stereocenters. The fourth-order valence-corrected chi connectivity index (χ4v) is 1.84. The minimum atomic E-state index is -0.183. The first-order valence-electron chi connectivity index (χ1n) is 5.41. The highest BCUT2D eigenvalue weighted by atomic mass is 16.5. The lowest BCUT2D eigenvalue weighted by Gasteiger charge is -2.24. The molecule has 80 valence electrons. The normalized spacial score (nSPS) is 22.0. The molecule has 14 heavy (non-hydrogen) atoms. The molecule has 1 atom stereocenters. The molecule has 1 rings (SSSR count). The van der Waals surface area contributed by atoms with Gasteiger partial charge in [0.05, 0.1) is 0 Å². The van der Waals surface area contributed by atoms with Gasteiger partial charge in [0.1, 0.15) is 6.61 Å². The summed E-state index contributed by atoms with van der Waals surface area (Å²) in [6.07, 6.45) is 5.73. The van der Waals surface area contributed by atoms with Crippen LogP contribution in [0.5, 0.6) is 0 Å². The fraction of sp³-hybridized carbons (Fsp3) is 0.750. The Hall–Kier alpha value is -0.790. The molecule has 0 saturated heterocycles. The molecule has 1 aliphatic rings. The zero-order valence-corrected chi connectivity index (χ0v) is 9.38. The number of ether oxygens (including phenoxy) is 1. The Morgan fingerprint density at radius 3 is 2.79 bits per heavy atom. The van der Waals surface area contributed by atoms with E-state index in [1.54, 1.807) is 0 Å². The molecule has 0 fully saturated rings. The fourth-order valence-electron chi connectivity index (χ4n) is 1.84. The monoisotopic (exact) mass is 196 g/mol. The van der Waals surface area contributed by atoms with Crippen LogP contribution in [0.1, 0.15) is 40.0 Å². The number of esters is 1. The number of allylic oxidation sites excluding steroid dienone is 1. The summed E-state index contributed by atoms with van der Waals surface area (Å²) in [6.45, 7) is 6.51. The summed E-state index contributed by atoms with van der Waals surface area (Å²) in [7, 11) is 0. The molecule has 0 aromatic carbocycles. The van der Waals surface area contributed by atoms with Gasteiger partial charge < -0.3 is 4.74 Å². The van der Waals surface area contributed by atoms with Crippen molar-refractivity contribution in [2.24, 2.45) is 11.8 Å². The second kappa shape index (κ2) is 5.18. The van der Waals surface area contributed by atoms with E-state index in [-0.39, 0.29) is 5.97 Å². The third kappa shape index (κ3) is 3.52. The molecule has 0 aromatic heterocycles. The van der Waals surface area contributed by atoms with E-state index in [1.165, 1.54) is 18.9 Å². The minimum Gasteiger partial charge on any atom is -0.461 e. The summed E-state index contributed by atoms with van der Waals surface area (Å²) in [5.74, 6) is 1.40. The van der Waals surface area contributed by atoms with E-state index in [9.17, 15) is 4.79 Å². The van der Waals surface area contributed by atoms with Crippen LogP contribution in [0.2, 0.25) is 0 Å². The molecule has 0 aromatic rings. The van der Waals surface area contributed by atoms with Gasteiger partial charge in [-0.3, -0.25) is 4.79 Å².